The zero-order valence-corrected chi connectivity index (χ0v) is 12.9. The fourth-order valence-electron chi connectivity index (χ4n) is 2.54. The molecular weight excluding hydrogens is 276 g/mol. The van der Waals surface area contributed by atoms with Crippen LogP contribution < -0.4 is 4.90 Å². The number of anilines is 1. The van der Waals surface area contributed by atoms with Crippen LogP contribution in [0.25, 0.3) is 0 Å². The van der Waals surface area contributed by atoms with E-state index in [9.17, 15) is 4.79 Å². The maximum absolute atomic E-state index is 10.7. The smallest absolute Gasteiger partial charge is 0.303 e. The van der Waals surface area contributed by atoms with E-state index >= 15 is 0 Å². The monoisotopic (exact) mass is 298 g/mol. The van der Waals surface area contributed by atoms with Gasteiger partial charge in [-0.25, -0.2) is 4.98 Å². The van der Waals surface area contributed by atoms with Crippen LogP contribution in [0.5, 0.6) is 0 Å². The highest BCUT2D eigenvalue weighted by molar-refractivity contribution is 7.15. The van der Waals surface area contributed by atoms with Crippen molar-refractivity contribution in [3.05, 3.63) is 10.6 Å². The summed E-state index contributed by atoms with van der Waals surface area (Å²) in [6.07, 6.45) is 4.36. The number of hydrogen-bond acceptors (Lipinski definition) is 5. The summed E-state index contributed by atoms with van der Waals surface area (Å²) < 4.78 is 5.18. The molecule has 2 heterocycles. The van der Waals surface area contributed by atoms with Crippen LogP contribution in [0.15, 0.2) is 0 Å². The predicted octanol–water partition coefficient (Wildman–Crippen LogP) is 2.69. The molecule has 1 N–H and O–H groups in total. The van der Waals surface area contributed by atoms with Crippen molar-refractivity contribution in [2.75, 3.05) is 18.6 Å². The summed E-state index contributed by atoms with van der Waals surface area (Å²) >= 11 is 1.62. The first-order chi connectivity index (χ1) is 9.61. The van der Waals surface area contributed by atoms with Crippen molar-refractivity contribution in [3.63, 3.8) is 0 Å². The number of carboxylic acid groups (broad SMARTS) is 1. The van der Waals surface area contributed by atoms with Crippen molar-refractivity contribution < 1.29 is 14.6 Å². The van der Waals surface area contributed by atoms with Gasteiger partial charge in [-0.2, -0.15) is 0 Å². The van der Waals surface area contributed by atoms with E-state index in [0.29, 0.717) is 19.1 Å². The Morgan fingerprint density at radius 3 is 3.00 bits per heavy atom. The quantitative estimate of drug-likeness (QED) is 0.875. The number of aromatic nitrogens is 1. The van der Waals surface area contributed by atoms with Crippen LogP contribution >= 0.6 is 11.3 Å². The maximum Gasteiger partial charge on any atom is 0.303 e. The second-order valence-corrected chi connectivity index (χ2v) is 6.29. The first-order valence-corrected chi connectivity index (χ1v) is 7.89. The minimum Gasteiger partial charge on any atom is -0.481 e. The lowest BCUT2D eigenvalue weighted by atomic mass is 10.1. The van der Waals surface area contributed by atoms with Gasteiger partial charge in [0.2, 0.25) is 0 Å². The molecule has 5 nitrogen and oxygen atoms in total. The topological polar surface area (TPSA) is 62.7 Å². The average Bonchev–Trinajstić information content (AvgIpc) is 2.80. The highest BCUT2D eigenvalue weighted by Gasteiger charge is 2.23. The number of aryl methyl sites for hydroxylation is 1. The average molecular weight is 298 g/mol. The number of methoxy groups -OCH3 is 1. The molecule has 6 heteroatoms. The molecule has 1 fully saturated rings. The minimum atomic E-state index is -0.769. The second-order valence-electron chi connectivity index (χ2n) is 5.23. The van der Waals surface area contributed by atoms with Crippen molar-refractivity contribution in [2.24, 2.45) is 0 Å². The summed E-state index contributed by atoms with van der Waals surface area (Å²) in [6.45, 7) is 3.72. The molecule has 1 unspecified atom stereocenters. The Morgan fingerprint density at radius 2 is 2.35 bits per heavy atom. The molecule has 0 bridgehead atoms. The molecule has 20 heavy (non-hydrogen) atoms. The Labute approximate surface area is 123 Å². The third-order valence-corrected chi connectivity index (χ3v) is 4.86. The van der Waals surface area contributed by atoms with Crippen molar-refractivity contribution in [1.82, 2.24) is 4.98 Å². The normalized spacial score (nSPS) is 19.3. The Balaban J connectivity index is 2.16. The molecule has 0 amide bonds. The van der Waals surface area contributed by atoms with Crippen LogP contribution in [0.1, 0.15) is 43.2 Å². The highest BCUT2D eigenvalue weighted by Crippen LogP contribution is 2.32. The molecular formula is C14H22N2O3S. The molecule has 0 saturated carbocycles. The Morgan fingerprint density at radius 1 is 1.55 bits per heavy atom. The van der Waals surface area contributed by atoms with E-state index in [2.05, 4.69) is 16.8 Å². The number of thiazole rings is 1. The van der Waals surface area contributed by atoms with Gasteiger partial charge in [0.05, 0.1) is 18.7 Å². The summed E-state index contributed by atoms with van der Waals surface area (Å²) in [6, 6.07) is 0.512. The number of aliphatic carboxylic acids is 1. The van der Waals surface area contributed by atoms with E-state index in [1.165, 1.54) is 19.3 Å². The van der Waals surface area contributed by atoms with Crippen LogP contribution in [0.2, 0.25) is 0 Å². The number of carboxylic acids is 1. The predicted molar refractivity (Wildman–Crippen MR) is 79.4 cm³/mol. The Bertz CT molecular complexity index is 461. The molecule has 112 valence electrons. The molecule has 1 aromatic heterocycles. The lowest BCUT2D eigenvalue weighted by Crippen LogP contribution is -2.37. The van der Waals surface area contributed by atoms with Gasteiger partial charge in [0.15, 0.2) is 5.13 Å². The Kier molecular flexibility index (Phi) is 5.37. The molecule has 0 radical (unpaired) electrons. The van der Waals surface area contributed by atoms with Gasteiger partial charge in [0, 0.05) is 24.6 Å². The van der Waals surface area contributed by atoms with E-state index in [1.54, 1.807) is 18.4 Å². The van der Waals surface area contributed by atoms with Gasteiger partial charge in [-0.1, -0.05) is 0 Å². The number of hydrogen-bond donors (Lipinski definition) is 1. The third-order valence-electron chi connectivity index (χ3n) is 3.66. The van der Waals surface area contributed by atoms with Gasteiger partial charge >= 0.3 is 5.97 Å². The molecule has 1 aliphatic rings. The van der Waals surface area contributed by atoms with Gasteiger partial charge in [-0.15, -0.1) is 11.3 Å². The van der Waals surface area contributed by atoms with Crippen molar-refractivity contribution in [1.29, 1.82) is 0 Å². The van der Waals surface area contributed by atoms with Gasteiger partial charge in [0.1, 0.15) is 0 Å². The third kappa shape index (κ3) is 3.70. The number of ether oxygens (including phenoxy) is 1. The number of rotatable bonds is 6. The summed E-state index contributed by atoms with van der Waals surface area (Å²) in [5.74, 6) is -0.769. The lowest BCUT2D eigenvalue weighted by molar-refractivity contribution is -0.136. The summed E-state index contributed by atoms with van der Waals surface area (Å²) in [5.41, 5.74) is 0.895. The second kappa shape index (κ2) is 7.04. The molecule has 0 aromatic carbocycles. The van der Waals surface area contributed by atoms with Crippen LogP contribution in [0, 0.1) is 0 Å². The fraction of sp³-hybridized carbons (Fsp3) is 0.714. The van der Waals surface area contributed by atoms with Crippen molar-refractivity contribution in [3.8, 4) is 0 Å². The van der Waals surface area contributed by atoms with Gasteiger partial charge in [-0.05, 0) is 32.6 Å². The molecule has 0 spiro atoms. The number of carbonyl (C=O) groups is 1. The van der Waals surface area contributed by atoms with E-state index in [-0.39, 0.29) is 6.42 Å². The summed E-state index contributed by atoms with van der Waals surface area (Å²) in [5, 5.41) is 9.85. The van der Waals surface area contributed by atoms with E-state index in [0.717, 1.165) is 22.2 Å². The maximum atomic E-state index is 10.7. The zero-order chi connectivity index (χ0) is 14.5. The van der Waals surface area contributed by atoms with Crippen molar-refractivity contribution >= 4 is 22.4 Å². The molecule has 1 aromatic rings. The first kappa shape index (κ1) is 15.3. The Hall–Kier alpha value is -1.14. The summed E-state index contributed by atoms with van der Waals surface area (Å²) in [7, 11) is 1.64. The van der Waals surface area contributed by atoms with Crippen LogP contribution in [0.3, 0.4) is 0 Å². The minimum absolute atomic E-state index is 0.147. The van der Waals surface area contributed by atoms with Crippen LogP contribution in [-0.4, -0.2) is 35.8 Å². The van der Waals surface area contributed by atoms with Gasteiger partial charge < -0.3 is 14.7 Å². The molecule has 2 rings (SSSR count). The van der Waals surface area contributed by atoms with Crippen molar-refractivity contribution in [2.45, 2.75) is 51.7 Å². The molecule has 1 saturated heterocycles. The highest BCUT2D eigenvalue weighted by atomic mass is 32.1. The molecule has 0 aliphatic carbocycles. The zero-order valence-electron chi connectivity index (χ0n) is 12.1. The largest absolute Gasteiger partial charge is 0.481 e. The van der Waals surface area contributed by atoms with Gasteiger partial charge in [-0.3, -0.25) is 4.79 Å². The SMILES string of the molecule is COCc1nc(N2CCCCC2C)sc1CCC(=O)O. The fourth-order valence-corrected chi connectivity index (χ4v) is 3.73. The lowest BCUT2D eigenvalue weighted by Gasteiger charge is -2.33. The van der Waals surface area contributed by atoms with Gasteiger partial charge in [0.25, 0.3) is 0 Å². The molecule has 1 atom stereocenters. The molecule has 1 aliphatic heterocycles. The first-order valence-electron chi connectivity index (χ1n) is 7.07. The van der Waals surface area contributed by atoms with Crippen LogP contribution in [0.4, 0.5) is 5.13 Å². The number of piperidine rings is 1. The van der Waals surface area contributed by atoms with Crippen LogP contribution in [-0.2, 0) is 22.6 Å². The summed E-state index contributed by atoms with van der Waals surface area (Å²) in [4.78, 5) is 18.8. The van der Waals surface area contributed by atoms with E-state index in [4.69, 9.17) is 9.84 Å². The number of nitrogens with zero attached hydrogens (tertiary/aromatic N) is 2. The van der Waals surface area contributed by atoms with E-state index < -0.39 is 5.97 Å². The standard InChI is InChI=1S/C14H22N2O3S/c1-10-5-3-4-8-16(10)14-15-11(9-19-2)12(20-14)6-7-13(17)18/h10H,3-9H2,1-2H3,(H,17,18). The van der Waals surface area contributed by atoms with E-state index in [1.807, 2.05) is 0 Å².